The lowest BCUT2D eigenvalue weighted by Gasteiger charge is -2.33. The first kappa shape index (κ1) is 32.2. The maximum Gasteiger partial charge on any atom is 0.264 e. The zero-order valence-electron chi connectivity index (χ0n) is 23.5. The topological polar surface area (TPSA) is 96.0 Å². The molecule has 0 heterocycles. The lowest BCUT2D eigenvalue weighted by molar-refractivity contribution is -0.140. The summed E-state index contributed by atoms with van der Waals surface area (Å²) in [5.41, 5.74) is 0.952. The Morgan fingerprint density at radius 1 is 0.927 bits per heavy atom. The Labute approximate surface area is 252 Å². The Balaban J connectivity index is 2.04. The zero-order valence-corrected chi connectivity index (χ0v) is 25.8. The monoisotopic (exact) mass is 619 g/mol. The quantitative estimate of drug-likeness (QED) is 0.256. The van der Waals surface area contributed by atoms with Crippen LogP contribution in [0.25, 0.3) is 0 Å². The van der Waals surface area contributed by atoms with Crippen LogP contribution in [0.1, 0.15) is 39.7 Å². The van der Waals surface area contributed by atoms with E-state index < -0.39 is 28.5 Å². The van der Waals surface area contributed by atoms with Gasteiger partial charge in [0.1, 0.15) is 18.3 Å². The Hall–Kier alpha value is -3.27. The predicted molar refractivity (Wildman–Crippen MR) is 163 cm³/mol. The van der Waals surface area contributed by atoms with Crippen molar-refractivity contribution in [3.63, 3.8) is 0 Å². The third-order valence-corrected chi connectivity index (χ3v) is 8.73. The lowest BCUT2D eigenvalue weighted by Crippen LogP contribution is -2.53. The number of hydrogen-bond acceptors (Lipinski definition) is 5. The number of nitrogens with one attached hydrogen (secondary N) is 1. The van der Waals surface area contributed by atoms with E-state index in [-0.39, 0.29) is 23.4 Å². The molecule has 220 valence electrons. The van der Waals surface area contributed by atoms with Crippen LogP contribution in [-0.4, -0.2) is 50.4 Å². The number of rotatable bonds is 13. The molecule has 11 heteroatoms. The van der Waals surface area contributed by atoms with Crippen molar-refractivity contribution < 1.29 is 22.7 Å². The van der Waals surface area contributed by atoms with Crippen molar-refractivity contribution >= 4 is 50.7 Å². The average molecular weight is 621 g/mol. The van der Waals surface area contributed by atoms with Crippen LogP contribution in [0.4, 0.5) is 5.69 Å². The second-order valence-electron chi connectivity index (χ2n) is 9.61. The summed E-state index contributed by atoms with van der Waals surface area (Å²) in [5.74, 6) is -0.361. The highest BCUT2D eigenvalue weighted by molar-refractivity contribution is 7.92. The minimum atomic E-state index is -4.18. The molecule has 3 aromatic rings. The van der Waals surface area contributed by atoms with E-state index in [1.807, 2.05) is 20.8 Å². The maximum atomic E-state index is 14.1. The number of carbonyl (C=O) groups is 2. The van der Waals surface area contributed by atoms with Gasteiger partial charge in [-0.15, -0.1) is 0 Å². The molecule has 1 N–H and O–H groups in total. The number of benzene rings is 3. The van der Waals surface area contributed by atoms with Gasteiger partial charge in [0.25, 0.3) is 10.0 Å². The molecular weight excluding hydrogens is 585 g/mol. The first-order chi connectivity index (χ1) is 19.5. The largest absolute Gasteiger partial charge is 0.494 e. The van der Waals surface area contributed by atoms with Crippen LogP contribution in [0, 0.1) is 0 Å². The molecule has 0 aromatic heterocycles. The van der Waals surface area contributed by atoms with Gasteiger partial charge in [-0.3, -0.25) is 13.9 Å². The summed E-state index contributed by atoms with van der Waals surface area (Å²) in [6.07, 6.45) is 0.308. The standard InChI is InChI=1S/C30H35Cl2N3O5S/c1-5-28(30(37)33-21(3)4)34(19-22-12-17-26(31)27(32)18-22)29(36)20-35(23-10-8-7-9-11-23)41(38,39)25-15-13-24(14-16-25)40-6-2/h7-18,21,28H,5-6,19-20H2,1-4H3,(H,33,37). The molecule has 3 aromatic carbocycles. The second kappa shape index (κ2) is 14.6. The van der Waals surface area contributed by atoms with Gasteiger partial charge in [0.05, 0.1) is 27.2 Å². The van der Waals surface area contributed by atoms with Crippen LogP contribution in [-0.2, 0) is 26.2 Å². The minimum Gasteiger partial charge on any atom is -0.494 e. The van der Waals surface area contributed by atoms with Crippen LogP contribution < -0.4 is 14.4 Å². The first-order valence-corrected chi connectivity index (χ1v) is 15.5. The number of carbonyl (C=O) groups excluding carboxylic acids is 2. The summed E-state index contributed by atoms with van der Waals surface area (Å²) in [6, 6.07) is 18.4. The van der Waals surface area contributed by atoms with E-state index in [4.69, 9.17) is 27.9 Å². The van der Waals surface area contributed by atoms with Crippen molar-refractivity contribution in [1.29, 1.82) is 0 Å². The van der Waals surface area contributed by atoms with E-state index in [9.17, 15) is 18.0 Å². The number of ether oxygens (including phenoxy) is 1. The molecule has 41 heavy (non-hydrogen) atoms. The first-order valence-electron chi connectivity index (χ1n) is 13.3. The van der Waals surface area contributed by atoms with Crippen molar-refractivity contribution in [2.24, 2.45) is 0 Å². The van der Waals surface area contributed by atoms with Gasteiger partial charge in [-0.1, -0.05) is 54.4 Å². The summed E-state index contributed by atoms with van der Waals surface area (Å²) >= 11 is 12.3. The molecule has 8 nitrogen and oxygen atoms in total. The Morgan fingerprint density at radius 3 is 2.15 bits per heavy atom. The van der Waals surface area contributed by atoms with Gasteiger partial charge in [-0.25, -0.2) is 8.42 Å². The Morgan fingerprint density at radius 2 is 1.59 bits per heavy atom. The van der Waals surface area contributed by atoms with Gasteiger partial charge in [-0.05, 0) is 81.3 Å². The summed E-state index contributed by atoms with van der Waals surface area (Å²) in [7, 11) is -4.18. The van der Waals surface area contributed by atoms with Crippen molar-refractivity contribution in [1.82, 2.24) is 10.2 Å². The number of hydrogen-bond donors (Lipinski definition) is 1. The molecule has 0 saturated heterocycles. The van der Waals surface area contributed by atoms with E-state index in [0.29, 0.717) is 40.1 Å². The van der Waals surface area contributed by atoms with Crippen LogP contribution in [0.15, 0.2) is 77.7 Å². The molecule has 0 saturated carbocycles. The van der Waals surface area contributed by atoms with Crippen LogP contribution in [0.5, 0.6) is 5.75 Å². The van der Waals surface area contributed by atoms with Gasteiger partial charge in [0.2, 0.25) is 11.8 Å². The van der Waals surface area contributed by atoms with E-state index in [1.165, 1.54) is 17.0 Å². The predicted octanol–water partition coefficient (Wildman–Crippen LogP) is 5.92. The molecule has 0 aliphatic carbocycles. The molecule has 3 rings (SSSR count). The van der Waals surface area contributed by atoms with E-state index in [0.717, 1.165) is 4.31 Å². The molecule has 0 bridgehead atoms. The molecular formula is C30H35Cl2N3O5S. The van der Waals surface area contributed by atoms with Crippen LogP contribution >= 0.6 is 23.2 Å². The average Bonchev–Trinajstić information content (AvgIpc) is 2.94. The van der Waals surface area contributed by atoms with Crippen LogP contribution in [0.2, 0.25) is 10.0 Å². The van der Waals surface area contributed by atoms with Gasteiger partial charge >= 0.3 is 0 Å². The van der Waals surface area contributed by atoms with Crippen molar-refractivity contribution in [2.45, 2.75) is 57.6 Å². The molecule has 0 fully saturated rings. The summed E-state index contributed by atoms with van der Waals surface area (Å²) in [6.45, 7) is 7.21. The number of para-hydroxylation sites is 1. The van der Waals surface area contributed by atoms with Crippen molar-refractivity contribution in [3.05, 3.63) is 88.4 Å². The molecule has 1 unspecified atom stereocenters. The smallest absolute Gasteiger partial charge is 0.264 e. The number of anilines is 1. The Bertz CT molecular complexity index is 1430. The van der Waals surface area contributed by atoms with Crippen LogP contribution in [0.3, 0.4) is 0 Å². The zero-order chi connectivity index (χ0) is 30.2. The fraction of sp³-hybridized carbons (Fsp3) is 0.333. The Kier molecular flexibility index (Phi) is 11.5. The maximum absolute atomic E-state index is 14.1. The molecule has 0 spiro atoms. The fourth-order valence-electron chi connectivity index (χ4n) is 4.26. The van der Waals surface area contributed by atoms with Gasteiger partial charge in [0.15, 0.2) is 0 Å². The molecule has 0 radical (unpaired) electrons. The van der Waals surface area contributed by atoms with E-state index in [1.54, 1.807) is 67.6 Å². The second-order valence-corrected chi connectivity index (χ2v) is 12.3. The van der Waals surface area contributed by atoms with Crippen molar-refractivity contribution in [2.75, 3.05) is 17.5 Å². The fourth-order valence-corrected chi connectivity index (χ4v) is 5.99. The molecule has 0 aliphatic heterocycles. The minimum absolute atomic E-state index is 0.00164. The van der Waals surface area contributed by atoms with Crippen molar-refractivity contribution in [3.8, 4) is 5.75 Å². The summed E-state index contributed by atoms with van der Waals surface area (Å²) in [5, 5.41) is 3.53. The van der Waals surface area contributed by atoms with Gasteiger partial charge < -0.3 is 15.0 Å². The lowest BCUT2D eigenvalue weighted by atomic mass is 10.1. The van der Waals surface area contributed by atoms with E-state index in [2.05, 4.69) is 5.32 Å². The molecule has 2 amide bonds. The third-order valence-electron chi connectivity index (χ3n) is 6.20. The third kappa shape index (κ3) is 8.38. The van der Waals surface area contributed by atoms with E-state index >= 15 is 0 Å². The highest BCUT2D eigenvalue weighted by Gasteiger charge is 2.34. The number of amides is 2. The highest BCUT2D eigenvalue weighted by atomic mass is 35.5. The van der Waals surface area contributed by atoms with Gasteiger partial charge in [-0.2, -0.15) is 0 Å². The number of sulfonamides is 1. The highest BCUT2D eigenvalue weighted by Crippen LogP contribution is 2.27. The SMILES string of the molecule is CCOc1ccc(S(=O)(=O)N(CC(=O)N(Cc2ccc(Cl)c(Cl)c2)C(CC)C(=O)NC(C)C)c2ccccc2)cc1. The summed E-state index contributed by atoms with van der Waals surface area (Å²) < 4.78 is 34.4. The molecule has 0 aliphatic rings. The number of halogens is 2. The molecule has 1 atom stereocenters. The number of nitrogens with zero attached hydrogens (tertiary/aromatic N) is 2. The van der Waals surface area contributed by atoms with Gasteiger partial charge in [0, 0.05) is 12.6 Å². The normalized spacial score (nSPS) is 12.1. The summed E-state index contributed by atoms with van der Waals surface area (Å²) in [4.78, 5) is 28.6.